The van der Waals surface area contributed by atoms with Gasteiger partial charge in [0.15, 0.2) is 0 Å². The van der Waals surface area contributed by atoms with Crippen LogP contribution in [-0.4, -0.2) is 14.1 Å². The molecule has 0 bridgehead atoms. The van der Waals surface area contributed by atoms with Crippen LogP contribution in [0.4, 0.5) is 0 Å². The van der Waals surface area contributed by atoms with Crippen LogP contribution >= 0.6 is 0 Å². The maximum atomic E-state index is 11.1. The first-order valence-corrected chi connectivity index (χ1v) is 3.14. The third-order valence-corrected chi connectivity index (χ3v) is 1.60. The van der Waals surface area contributed by atoms with Gasteiger partial charge >= 0.3 is 11.4 Å². The van der Waals surface area contributed by atoms with Crippen LogP contribution in [0.3, 0.4) is 0 Å². The third-order valence-electron chi connectivity index (χ3n) is 1.60. The van der Waals surface area contributed by atoms with Gasteiger partial charge in [-0.05, 0) is 6.92 Å². The Bertz CT molecular complexity index is 388. The molecule has 0 unspecified atom stereocenters. The Hall–Kier alpha value is -1.39. The fraction of sp³-hybridized carbons (Fsp3) is 0.500. The van der Waals surface area contributed by atoms with E-state index in [0.717, 1.165) is 4.57 Å². The van der Waals surface area contributed by atoms with E-state index in [2.05, 4.69) is 4.98 Å². The molecule has 1 aromatic heterocycles. The quantitative estimate of drug-likeness (QED) is 0.472. The Kier molecular flexibility index (Phi) is 1.64. The average molecular weight is 155 g/mol. The molecule has 5 heteroatoms. The van der Waals surface area contributed by atoms with E-state index < -0.39 is 5.69 Å². The molecule has 0 aromatic carbocycles. The maximum Gasteiger partial charge on any atom is 0.353 e. The van der Waals surface area contributed by atoms with Crippen molar-refractivity contribution in [3.63, 3.8) is 0 Å². The molecule has 1 rings (SSSR count). The fourth-order valence-electron chi connectivity index (χ4n) is 0.734. The second-order valence-electron chi connectivity index (χ2n) is 2.34. The highest BCUT2D eigenvalue weighted by molar-refractivity contribution is 4.82. The smallest absolute Gasteiger partial charge is 0.285 e. The van der Waals surface area contributed by atoms with Crippen molar-refractivity contribution in [2.45, 2.75) is 6.92 Å². The van der Waals surface area contributed by atoms with Gasteiger partial charge in [0.25, 0.3) is 0 Å². The van der Waals surface area contributed by atoms with Crippen LogP contribution < -0.4 is 11.4 Å². The minimum Gasteiger partial charge on any atom is -0.285 e. The highest BCUT2D eigenvalue weighted by Crippen LogP contribution is 1.76. The molecule has 60 valence electrons. The maximum absolute atomic E-state index is 11.1. The number of aryl methyl sites for hydroxylation is 1. The Morgan fingerprint density at radius 1 is 1.18 bits per heavy atom. The molecule has 0 N–H and O–H groups in total. The first-order chi connectivity index (χ1) is 5.04. The Morgan fingerprint density at radius 3 is 2.27 bits per heavy atom. The number of aromatic nitrogens is 3. The summed E-state index contributed by atoms with van der Waals surface area (Å²) in [6.07, 6.45) is 0. The predicted molar refractivity (Wildman–Crippen MR) is 39.5 cm³/mol. The minimum absolute atomic E-state index is 0.345. The van der Waals surface area contributed by atoms with Crippen molar-refractivity contribution in [3.8, 4) is 0 Å². The SMILES string of the molecule is Cc1nc(=O)n(C)c(=O)n1C. The molecule has 11 heavy (non-hydrogen) atoms. The van der Waals surface area contributed by atoms with Gasteiger partial charge in [0.1, 0.15) is 5.82 Å². The van der Waals surface area contributed by atoms with Crippen molar-refractivity contribution in [3.05, 3.63) is 26.8 Å². The molecular formula is C6H9N3O2. The van der Waals surface area contributed by atoms with Gasteiger partial charge in [-0.1, -0.05) is 0 Å². The summed E-state index contributed by atoms with van der Waals surface area (Å²) in [6, 6.07) is 0. The normalized spacial score (nSPS) is 10.1. The molecule has 0 atom stereocenters. The summed E-state index contributed by atoms with van der Waals surface area (Å²) in [5, 5.41) is 0. The van der Waals surface area contributed by atoms with Crippen molar-refractivity contribution >= 4 is 0 Å². The van der Waals surface area contributed by atoms with Gasteiger partial charge in [0.2, 0.25) is 0 Å². The lowest BCUT2D eigenvalue weighted by molar-refractivity contribution is 0.621. The summed E-state index contributed by atoms with van der Waals surface area (Å²) in [5.74, 6) is 0.429. The summed E-state index contributed by atoms with van der Waals surface area (Å²) in [6.45, 7) is 1.61. The van der Waals surface area contributed by atoms with Crippen LogP contribution in [0.25, 0.3) is 0 Å². The van der Waals surface area contributed by atoms with E-state index in [1.165, 1.54) is 11.6 Å². The van der Waals surface area contributed by atoms with Gasteiger partial charge in [-0.2, -0.15) is 4.98 Å². The monoisotopic (exact) mass is 155 g/mol. The number of hydrogen-bond acceptors (Lipinski definition) is 3. The highest BCUT2D eigenvalue weighted by Gasteiger charge is 2.01. The van der Waals surface area contributed by atoms with Gasteiger partial charge in [-0.3, -0.25) is 4.57 Å². The molecule has 0 saturated carbocycles. The summed E-state index contributed by atoms with van der Waals surface area (Å²) in [7, 11) is 2.97. The molecule has 0 aliphatic rings. The topological polar surface area (TPSA) is 56.9 Å². The minimum atomic E-state index is -0.509. The second kappa shape index (κ2) is 2.34. The van der Waals surface area contributed by atoms with E-state index in [-0.39, 0.29) is 5.69 Å². The molecule has 0 saturated heterocycles. The highest BCUT2D eigenvalue weighted by atomic mass is 16.2. The number of nitrogens with zero attached hydrogens (tertiary/aromatic N) is 3. The molecule has 0 amide bonds. The van der Waals surface area contributed by atoms with Crippen molar-refractivity contribution < 1.29 is 0 Å². The van der Waals surface area contributed by atoms with Crippen molar-refractivity contribution in [2.24, 2.45) is 14.1 Å². The lowest BCUT2D eigenvalue weighted by Crippen LogP contribution is -2.39. The summed E-state index contributed by atoms with van der Waals surface area (Å²) in [4.78, 5) is 25.6. The lowest BCUT2D eigenvalue weighted by atomic mass is 10.6. The molecule has 1 heterocycles. The standard InChI is InChI=1S/C6H9N3O2/c1-4-7-5(10)9(3)6(11)8(4)2/h1-3H3. The predicted octanol–water partition coefficient (Wildman–Crippen LogP) is -1.21. The molecule has 1 aromatic rings. The van der Waals surface area contributed by atoms with E-state index in [1.54, 1.807) is 14.0 Å². The van der Waals surface area contributed by atoms with E-state index in [1.807, 2.05) is 0 Å². The van der Waals surface area contributed by atoms with Gasteiger partial charge in [-0.15, -0.1) is 0 Å². The molecular weight excluding hydrogens is 146 g/mol. The van der Waals surface area contributed by atoms with Crippen molar-refractivity contribution in [2.75, 3.05) is 0 Å². The summed E-state index contributed by atoms with van der Waals surface area (Å²) < 4.78 is 2.29. The van der Waals surface area contributed by atoms with Gasteiger partial charge in [0.05, 0.1) is 0 Å². The molecule has 0 radical (unpaired) electrons. The number of rotatable bonds is 0. The van der Waals surface area contributed by atoms with Gasteiger partial charge < -0.3 is 0 Å². The Labute approximate surface area is 62.9 Å². The van der Waals surface area contributed by atoms with Crippen LogP contribution in [-0.2, 0) is 14.1 Å². The van der Waals surface area contributed by atoms with Gasteiger partial charge in [-0.25, -0.2) is 14.2 Å². The summed E-state index contributed by atoms with van der Waals surface area (Å²) in [5.41, 5.74) is -0.854. The Balaban J connectivity index is 3.74. The van der Waals surface area contributed by atoms with E-state index >= 15 is 0 Å². The Morgan fingerprint density at radius 2 is 1.73 bits per heavy atom. The molecule has 5 nitrogen and oxygen atoms in total. The first-order valence-electron chi connectivity index (χ1n) is 3.14. The van der Waals surface area contributed by atoms with Crippen LogP contribution in [0, 0.1) is 6.92 Å². The van der Waals surface area contributed by atoms with E-state index in [9.17, 15) is 9.59 Å². The fourth-order valence-corrected chi connectivity index (χ4v) is 0.734. The zero-order chi connectivity index (χ0) is 8.59. The van der Waals surface area contributed by atoms with Gasteiger partial charge in [0, 0.05) is 14.1 Å². The first kappa shape index (κ1) is 7.71. The third kappa shape index (κ3) is 1.09. The largest absolute Gasteiger partial charge is 0.353 e. The van der Waals surface area contributed by atoms with E-state index in [4.69, 9.17) is 0 Å². The lowest BCUT2D eigenvalue weighted by Gasteiger charge is -2.01. The van der Waals surface area contributed by atoms with Crippen LogP contribution in [0.5, 0.6) is 0 Å². The van der Waals surface area contributed by atoms with Crippen molar-refractivity contribution in [1.29, 1.82) is 0 Å². The van der Waals surface area contributed by atoms with Crippen molar-refractivity contribution in [1.82, 2.24) is 14.1 Å². The van der Waals surface area contributed by atoms with Crippen LogP contribution in [0.15, 0.2) is 9.59 Å². The summed E-state index contributed by atoms with van der Waals surface area (Å²) >= 11 is 0. The van der Waals surface area contributed by atoms with E-state index in [0.29, 0.717) is 5.82 Å². The zero-order valence-corrected chi connectivity index (χ0v) is 6.66. The molecule has 0 fully saturated rings. The van der Waals surface area contributed by atoms with Crippen LogP contribution in [0.2, 0.25) is 0 Å². The van der Waals surface area contributed by atoms with Crippen LogP contribution in [0.1, 0.15) is 5.82 Å². The number of hydrogen-bond donors (Lipinski definition) is 0. The molecule has 0 spiro atoms. The second-order valence-corrected chi connectivity index (χ2v) is 2.34. The average Bonchev–Trinajstić information content (AvgIpc) is 1.97. The molecule has 0 aliphatic carbocycles. The molecule has 0 aliphatic heterocycles. The zero-order valence-electron chi connectivity index (χ0n) is 6.66.